The predicted octanol–water partition coefficient (Wildman–Crippen LogP) is 0.0935. The highest BCUT2D eigenvalue weighted by molar-refractivity contribution is 5.80. The fraction of sp³-hybridized carbons (Fsp3) is 0.842. The number of nitrogens with zero attached hydrogens (tertiary/aromatic N) is 4. The van der Waals surface area contributed by atoms with E-state index in [1.165, 1.54) is 0 Å². The minimum Gasteiger partial charge on any atom is -0.369 e. The summed E-state index contributed by atoms with van der Waals surface area (Å²) in [5.41, 5.74) is 5.39. The number of nitrogens with one attached hydrogen (secondary N) is 1. The van der Waals surface area contributed by atoms with Crippen LogP contribution in [0.2, 0.25) is 0 Å². The van der Waals surface area contributed by atoms with Crippen molar-refractivity contribution in [3.63, 3.8) is 0 Å². The average Bonchev–Trinajstić information content (AvgIpc) is 2.67. The molecule has 0 aromatic carbocycles. The van der Waals surface area contributed by atoms with E-state index in [0.29, 0.717) is 0 Å². The monoisotopic (exact) mass is 380 g/mol. The van der Waals surface area contributed by atoms with Gasteiger partial charge in [-0.25, -0.2) is 0 Å². The number of primary amides is 1. The van der Waals surface area contributed by atoms with Gasteiger partial charge >= 0.3 is 0 Å². The lowest BCUT2D eigenvalue weighted by molar-refractivity contribution is -0.130. The lowest BCUT2D eigenvalue weighted by Gasteiger charge is -2.36. The number of unbranched alkanes of at least 4 members (excludes halogenated alkanes) is 1. The molecule has 0 unspecified atom stereocenters. The lowest BCUT2D eigenvalue weighted by Crippen LogP contribution is -2.53. The Morgan fingerprint density at radius 2 is 1.67 bits per heavy atom. The Hall–Kier alpha value is -1.83. The molecule has 0 radical (unpaired) electrons. The van der Waals surface area contributed by atoms with Crippen LogP contribution in [-0.2, 0) is 9.59 Å². The van der Waals surface area contributed by atoms with E-state index in [1.54, 1.807) is 6.92 Å². The van der Waals surface area contributed by atoms with E-state index in [0.717, 1.165) is 90.5 Å². The Bertz CT molecular complexity index is 508. The summed E-state index contributed by atoms with van der Waals surface area (Å²) in [5.74, 6) is 1.03. The summed E-state index contributed by atoms with van der Waals surface area (Å²) < 4.78 is 0. The normalized spacial score (nSPS) is 20.0. The second-order valence-corrected chi connectivity index (χ2v) is 7.45. The zero-order chi connectivity index (χ0) is 19.6. The van der Waals surface area contributed by atoms with Crippen LogP contribution in [0.5, 0.6) is 0 Å². The molecule has 2 amide bonds. The highest BCUT2D eigenvalue weighted by Crippen LogP contribution is 2.16. The number of likely N-dealkylation sites (tertiary alicyclic amines) is 1. The molecule has 0 aliphatic carbocycles. The molecular formula is C19H36N6O2. The van der Waals surface area contributed by atoms with Gasteiger partial charge in [0.05, 0.1) is 0 Å². The van der Waals surface area contributed by atoms with Crippen molar-refractivity contribution in [1.82, 2.24) is 20.0 Å². The molecule has 2 rings (SSSR count). The Balaban J connectivity index is 1.67. The molecule has 2 fully saturated rings. The van der Waals surface area contributed by atoms with Gasteiger partial charge in [-0.05, 0) is 52.2 Å². The first kappa shape index (κ1) is 21.5. The van der Waals surface area contributed by atoms with Crippen LogP contribution < -0.4 is 11.1 Å². The second kappa shape index (κ2) is 11.1. The molecule has 8 heteroatoms. The number of hydrogen-bond acceptors (Lipinski definition) is 4. The summed E-state index contributed by atoms with van der Waals surface area (Å²) in [7, 11) is 0. The van der Waals surface area contributed by atoms with Crippen LogP contribution in [0, 0.1) is 5.92 Å². The average molecular weight is 381 g/mol. The van der Waals surface area contributed by atoms with Gasteiger partial charge in [0, 0.05) is 52.1 Å². The molecule has 2 aliphatic rings. The van der Waals surface area contributed by atoms with Gasteiger partial charge in [-0.2, -0.15) is 0 Å². The standard InChI is InChI=1S/C19H36N6O2/c1-3-21-19(25-14-12-24(13-15-25)16(2)26)22-8-4-5-9-23-10-6-17(7-11-23)18(20)27/h17H,3-15H2,1-2H3,(H2,20,27)(H,21,22). The summed E-state index contributed by atoms with van der Waals surface area (Å²) in [6.07, 6.45) is 3.95. The SMILES string of the molecule is CCNC(=NCCCCN1CCC(C(N)=O)CC1)N1CCN(C(C)=O)CC1. The molecule has 0 aromatic rings. The molecule has 2 heterocycles. The summed E-state index contributed by atoms with van der Waals surface area (Å²) >= 11 is 0. The molecule has 0 bridgehead atoms. The maximum absolute atomic E-state index is 11.5. The third-order valence-electron chi connectivity index (χ3n) is 5.49. The van der Waals surface area contributed by atoms with Crippen LogP contribution >= 0.6 is 0 Å². The van der Waals surface area contributed by atoms with Crippen LogP contribution in [0.3, 0.4) is 0 Å². The van der Waals surface area contributed by atoms with E-state index in [4.69, 9.17) is 10.7 Å². The molecule has 0 atom stereocenters. The Morgan fingerprint density at radius 1 is 1.04 bits per heavy atom. The van der Waals surface area contributed by atoms with Crippen molar-refractivity contribution in [3.05, 3.63) is 0 Å². The largest absolute Gasteiger partial charge is 0.369 e. The van der Waals surface area contributed by atoms with E-state index in [9.17, 15) is 9.59 Å². The van der Waals surface area contributed by atoms with Gasteiger partial charge in [0.25, 0.3) is 0 Å². The van der Waals surface area contributed by atoms with Crippen molar-refractivity contribution in [2.75, 3.05) is 58.9 Å². The van der Waals surface area contributed by atoms with Crippen LogP contribution in [0.15, 0.2) is 4.99 Å². The number of carbonyl (C=O) groups excluding carboxylic acids is 2. The number of hydrogen-bond donors (Lipinski definition) is 2. The number of aliphatic imine (C=N–C) groups is 1. The van der Waals surface area contributed by atoms with Crippen molar-refractivity contribution >= 4 is 17.8 Å². The molecule has 2 saturated heterocycles. The van der Waals surface area contributed by atoms with E-state index < -0.39 is 0 Å². The van der Waals surface area contributed by atoms with Crippen molar-refractivity contribution in [3.8, 4) is 0 Å². The molecule has 0 saturated carbocycles. The minimum absolute atomic E-state index is 0.0667. The third kappa shape index (κ3) is 7.01. The molecule has 3 N–H and O–H groups in total. The molecule has 27 heavy (non-hydrogen) atoms. The van der Waals surface area contributed by atoms with E-state index in [1.807, 2.05) is 4.90 Å². The zero-order valence-corrected chi connectivity index (χ0v) is 17.0. The summed E-state index contributed by atoms with van der Waals surface area (Å²) in [4.78, 5) is 34.0. The molecular weight excluding hydrogens is 344 g/mol. The Kier molecular flexibility index (Phi) is 8.84. The number of carbonyl (C=O) groups is 2. The molecule has 0 spiro atoms. The molecule has 2 aliphatic heterocycles. The van der Waals surface area contributed by atoms with Crippen molar-refractivity contribution in [1.29, 1.82) is 0 Å². The topological polar surface area (TPSA) is 94.3 Å². The Morgan fingerprint density at radius 3 is 2.22 bits per heavy atom. The van der Waals surface area contributed by atoms with Gasteiger partial charge in [0.15, 0.2) is 5.96 Å². The van der Waals surface area contributed by atoms with E-state index in [2.05, 4.69) is 22.0 Å². The zero-order valence-electron chi connectivity index (χ0n) is 17.0. The highest BCUT2D eigenvalue weighted by Gasteiger charge is 2.23. The molecule has 8 nitrogen and oxygen atoms in total. The van der Waals surface area contributed by atoms with Gasteiger partial charge < -0.3 is 25.8 Å². The van der Waals surface area contributed by atoms with Gasteiger partial charge in [-0.3, -0.25) is 14.6 Å². The summed E-state index contributed by atoms with van der Waals surface area (Å²) in [5, 5.41) is 3.37. The van der Waals surface area contributed by atoms with Crippen LogP contribution in [0.25, 0.3) is 0 Å². The highest BCUT2D eigenvalue weighted by atomic mass is 16.2. The number of piperazine rings is 1. The summed E-state index contributed by atoms with van der Waals surface area (Å²) in [6, 6.07) is 0. The smallest absolute Gasteiger partial charge is 0.220 e. The number of guanidine groups is 1. The predicted molar refractivity (Wildman–Crippen MR) is 107 cm³/mol. The molecule has 154 valence electrons. The van der Waals surface area contributed by atoms with E-state index in [-0.39, 0.29) is 17.7 Å². The fourth-order valence-electron chi connectivity index (χ4n) is 3.73. The maximum atomic E-state index is 11.5. The lowest BCUT2D eigenvalue weighted by atomic mass is 9.96. The number of piperidine rings is 1. The van der Waals surface area contributed by atoms with Gasteiger partial charge in [0.2, 0.25) is 11.8 Å². The third-order valence-corrected chi connectivity index (χ3v) is 5.49. The quantitative estimate of drug-likeness (QED) is 0.371. The van der Waals surface area contributed by atoms with E-state index >= 15 is 0 Å². The van der Waals surface area contributed by atoms with Crippen molar-refractivity contribution in [2.45, 2.75) is 39.5 Å². The number of rotatable bonds is 7. The van der Waals surface area contributed by atoms with Crippen molar-refractivity contribution in [2.24, 2.45) is 16.6 Å². The first-order valence-electron chi connectivity index (χ1n) is 10.3. The number of nitrogens with two attached hydrogens (primary N) is 1. The van der Waals surface area contributed by atoms with Gasteiger partial charge in [-0.1, -0.05) is 0 Å². The van der Waals surface area contributed by atoms with Gasteiger partial charge in [-0.15, -0.1) is 0 Å². The maximum Gasteiger partial charge on any atom is 0.220 e. The first-order chi connectivity index (χ1) is 13.0. The summed E-state index contributed by atoms with van der Waals surface area (Å²) in [6.45, 7) is 11.6. The van der Waals surface area contributed by atoms with Crippen LogP contribution in [-0.4, -0.2) is 91.4 Å². The Labute approximate surface area is 163 Å². The number of amides is 2. The van der Waals surface area contributed by atoms with Crippen LogP contribution in [0.1, 0.15) is 39.5 Å². The van der Waals surface area contributed by atoms with Crippen molar-refractivity contribution < 1.29 is 9.59 Å². The molecule has 0 aromatic heterocycles. The van der Waals surface area contributed by atoms with Gasteiger partial charge in [0.1, 0.15) is 0 Å². The first-order valence-corrected chi connectivity index (χ1v) is 10.3. The second-order valence-electron chi connectivity index (χ2n) is 7.45. The van der Waals surface area contributed by atoms with Crippen LogP contribution in [0.4, 0.5) is 0 Å². The minimum atomic E-state index is -0.149. The fourth-order valence-corrected chi connectivity index (χ4v) is 3.73.